The number of ether oxygens (including phenoxy) is 2. The highest BCUT2D eigenvalue weighted by Gasteiger charge is 2.38. The van der Waals surface area contributed by atoms with E-state index < -0.39 is 33.9 Å². The summed E-state index contributed by atoms with van der Waals surface area (Å²) in [5, 5.41) is 7.12. The summed E-state index contributed by atoms with van der Waals surface area (Å²) in [5.41, 5.74) is 2.89. The summed E-state index contributed by atoms with van der Waals surface area (Å²) in [6.45, 7) is 4.54. The van der Waals surface area contributed by atoms with Gasteiger partial charge in [0.25, 0.3) is 5.91 Å². The van der Waals surface area contributed by atoms with E-state index in [4.69, 9.17) is 19.4 Å². The number of amides is 1. The minimum atomic E-state index is -5.08. The van der Waals surface area contributed by atoms with Crippen LogP contribution in [0.4, 0.5) is 17.6 Å². The van der Waals surface area contributed by atoms with Crippen LogP contribution in [-0.4, -0.2) is 69.0 Å². The quantitative estimate of drug-likeness (QED) is 0.426. The summed E-state index contributed by atoms with van der Waals surface area (Å²) in [5.74, 6) is -3.03. The smallest absolute Gasteiger partial charge is 0.490 e. The normalized spacial score (nSPS) is 17.7. The first-order chi connectivity index (χ1) is 19.1. The van der Waals surface area contributed by atoms with Gasteiger partial charge in [0.1, 0.15) is 23.4 Å². The number of carbonyl (C=O) groups is 2. The maximum absolute atomic E-state index is 14.8. The van der Waals surface area contributed by atoms with Crippen molar-refractivity contribution in [1.82, 2.24) is 9.62 Å². The second-order valence-electron chi connectivity index (χ2n) is 10.1. The Morgan fingerprint density at radius 1 is 1.15 bits per heavy atom. The van der Waals surface area contributed by atoms with Gasteiger partial charge in [-0.1, -0.05) is 6.07 Å². The molecule has 9 nitrogen and oxygen atoms in total. The van der Waals surface area contributed by atoms with Gasteiger partial charge < -0.3 is 14.6 Å². The first kappa shape index (κ1) is 32.1. The van der Waals surface area contributed by atoms with E-state index in [0.717, 1.165) is 56.3 Å². The average molecular weight is 605 g/mol. The van der Waals surface area contributed by atoms with E-state index in [2.05, 4.69) is 17.9 Å². The molecule has 2 N–H and O–H groups in total. The Morgan fingerprint density at radius 3 is 2.34 bits per heavy atom. The zero-order valence-corrected chi connectivity index (χ0v) is 23.6. The second-order valence-corrected chi connectivity index (χ2v) is 11.8. The molecule has 14 heteroatoms. The molecule has 2 fully saturated rings. The molecule has 2 aromatic carbocycles. The van der Waals surface area contributed by atoms with Gasteiger partial charge in [-0.2, -0.15) is 13.2 Å². The van der Waals surface area contributed by atoms with Gasteiger partial charge in [-0.25, -0.2) is 22.3 Å². The van der Waals surface area contributed by atoms with Crippen LogP contribution in [0.2, 0.25) is 0 Å². The summed E-state index contributed by atoms with van der Waals surface area (Å²) in [7, 11) is -2.13. The lowest BCUT2D eigenvalue weighted by Crippen LogP contribution is -2.40. The largest absolute Gasteiger partial charge is 0.497 e. The summed E-state index contributed by atoms with van der Waals surface area (Å²) in [6, 6.07) is 8.76. The maximum atomic E-state index is 14.8. The number of rotatable bonds is 8. The van der Waals surface area contributed by atoms with Crippen molar-refractivity contribution in [3.63, 3.8) is 0 Å². The van der Waals surface area contributed by atoms with E-state index in [1.165, 1.54) is 23.3 Å². The molecule has 4 rings (SSSR count). The number of piperidine rings is 1. The molecule has 0 aromatic heterocycles. The molecule has 1 heterocycles. The molecule has 41 heavy (non-hydrogen) atoms. The van der Waals surface area contributed by atoms with Gasteiger partial charge >= 0.3 is 12.1 Å². The number of aryl methyl sites for hydroxylation is 1. The molecular weight excluding hydrogens is 572 g/mol. The zero-order valence-electron chi connectivity index (χ0n) is 22.8. The topological polar surface area (TPSA) is 122 Å². The molecule has 1 atom stereocenters. The predicted octanol–water partition coefficient (Wildman–Crippen LogP) is 4.39. The highest BCUT2D eigenvalue weighted by Crippen LogP contribution is 2.45. The van der Waals surface area contributed by atoms with Crippen molar-refractivity contribution in [2.75, 3.05) is 26.5 Å². The molecule has 1 saturated heterocycles. The molecule has 2 aliphatic rings. The monoisotopic (exact) mass is 604 g/mol. The number of halogens is 4. The van der Waals surface area contributed by atoms with Crippen molar-refractivity contribution < 1.29 is 50.1 Å². The van der Waals surface area contributed by atoms with E-state index in [0.29, 0.717) is 12.3 Å². The molecule has 1 saturated carbocycles. The number of nitrogens with zero attached hydrogens (tertiary/aromatic N) is 1. The number of sulfonamides is 1. The van der Waals surface area contributed by atoms with Gasteiger partial charge in [0.05, 0.1) is 18.9 Å². The van der Waals surface area contributed by atoms with Crippen LogP contribution in [0.25, 0.3) is 0 Å². The van der Waals surface area contributed by atoms with Gasteiger partial charge in [-0.3, -0.25) is 9.69 Å². The van der Waals surface area contributed by atoms with Crippen LogP contribution in [0.1, 0.15) is 58.6 Å². The predicted molar refractivity (Wildman–Crippen MR) is 141 cm³/mol. The fraction of sp³-hybridized carbons (Fsp3) is 0.481. The number of carboxylic acids is 1. The molecule has 2 aromatic rings. The van der Waals surface area contributed by atoms with Crippen molar-refractivity contribution in [3.05, 3.63) is 58.4 Å². The third-order valence-corrected chi connectivity index (χ3v) is 7.14. The number of nitrogens with one attached hydrogen (secondary N) is 1. The highest BCUT2D eigenvalue weighted by molar-refractivity contribution is 7.89. The van der Waals surface area contributed by atoms with Crippen LogP contribution < -0.4 is 14.2 Å². The Morgan fingerprint density at radius 2 is 1.80 bits per heavy atom. The molecule has 0 bridgehead atoms. The van der Waals surface area contributed by atoms with Crippen molar-refractivity contribution in [2.45, 2.75) is 57.3 Å². The van der Waals surface area contributed by atoms with E-state index in [1.807, 2.05) is 16.9 Å². The number of methoxy groups -OCH3 is 1. The zero-order chi connectivity index (χ0) is 30.5. The van der Waals surface area contributed by atoms with Gasteiger partial charge in [0.2, 0.25) is 10.0 Å². The van der Waals surface area contributed by atoms with Gasteiger partial charge in [0, 0.05) is 19.2 Å². The Kier molecular flexibility index (Phi) is 10.2. The number of benzene rings is 2. The van der Waals surface area contributed by atoms with Crippen LogP contribution in [-0.2, 0) is 21.4 Å². The molecule has 0 unspecified atom stereocenters. The minimum Gasteiger partial charge on any atom is -0.497 e. The van der Waals surface area contributed by atoms with Crippen LogP contribution in [0.5, 0.6) is 11.5 Å². The summed E-state index contributed by atoms with van der Waals surface area (Å²) < 4.78 is 82.8. The maximum Gasteiger partial charge on any atom is 0.490 e. The van der Waals surface area contributed by atoms with Crippen molar-refractivity contribution >= 4 is 21.9 Å². The third-order valence-electron chi connectivity index (χ3n) is 6.58. The molecule has 0 spiro atoms. The Labute approximate surface area is 235 Å². The van der Waals surface area contributed by atoms with E-state index in [-0.39, 0.29) is 17.6 Å². The number of carboxylic acid groups (broad SMARTS) is 1. The number of hydrogen-bond acceptors (Lipinski definition) is 7. The molecule has 1 amide bonds. The lowest BCUT2D eigenvalue weighted by molar-refractivity contribution is -0.192. The van der Waals surface area contributed by atoms with Gasteiger partial charge in [-0.05, 0) is 80.0 Å². The van der Waals surface area contributed by atoms with Crippen LogP contribution in [0.15, 0.2) is 30.3 Å². The molecule has 226 valence electrons. The fourth-order valence-corrected chi connectivity index (χ4v) is 4.88. The Bertz CT molecular complexity index is 1380. The van der Waals surface area contributed by atoms with Crippen molar-refractivity contribution in [1.29, 1.82) is 0 Å². The number of aliphatic carboxylic acids is 1. The molecular formula is C27H32F4N2O7S. The van der Waals surface area contributed by atoms with Crippen LogP contribution in [0.3, 0.4) is 0 Å². The molecule has 1 aliphatic carbocycles. The van der Waals surface area contributed by atoms with Crippen molar-refractivity contribution in [2.24, 2.45) is 0 Å². The van der Waals surface area contributed by atoms with Crippen LogP contribution in [0, 0.1) is 12.7 Å². The lowest BCUT2D eigenvalue weighted by atomic mass is 10.0. The summed E-state index contributed by atoms with van der Waals surface area (Å²) in [4.78, 5) is 23.5. The molecule has 0 radical (unpaired) electrons. The average Bonchev–Trinajstić information content (AvgIpc) is 3.70. The van der Waals surface area contributed by atoms with E-state index >= 15 is 0 Å². The van der Waals surface area contributed by atoms with Crippen molar-refractivity contribution in [3.8, 4) is 11.5 Å². The minimum absolute atomic E-state index is 0.0973. The lowest BCUT2D eigenvalue weighted by Gasteiger charge is -2.33. The first-order valence-corrected chi connectivity index (χ1v) is 14.6. The van der Waals surface area contributed by atoms with Gasteiger partial charge in [-0.15, -0.1) is 0 Å². The Hall–Kier alpha value is -3.39. The number of hydrogen-bond donors (Lipinski definition) is 2. The summed E-state index contributed by atoms with van der Waals surface area (Å²) >= 11 is 0. The number of carbonyl (C=O) groups excluding carboxylic acids is 1. The fourth-order valence-electron chi connectivity index (χ4n) is 4.43. The standard InChI is InChI=1S/C25H31FN2O5S.C2HF3O2/c1-16-11-19(32-2)9-8-18(16)14-28-10-4-5-20(15-28)33-24-13-23(26)22(12-21(24)17-6-7-17)25(29)27-34(3,30)31;3-2(4,5)1(6)7/h8-9,11-13,17,20H,4-7,10,14-15H2,1-3H3,(H,27,29);(H,6,7)/t20-;/m1./s1. The number of likely N-dealkylation sites (tertiary alicyclic amines) is 1. The SMILES string of the molecule is COc1ccc(CN2CCC[C@@H](Oc3cc(F)c(C(=O)NS(C)(=O)=O)cc3C3CC3)C2)c(C)c1.O=C(O)C(F)(F)F. The van der Waals surface area contributed by atoms with Crippen LogP contribution >= 0.6 is 0 Å². The first-order valence-electron chi connectivity index (χ1n) is 12.8. The number of alkyl halides is 3. The second kappa shape index (κ2) is 13.1. The van der Waals surface area contributed by atoms with E-state index in [9.17, 15) is 30.8 Å². The molecule has 1 aliphatic heterocycles. The Balaban J connectivity index is 0.000000587. The van der Waals surface area contributed by atoms with E-state index in [1.54, 1.807) is 7.11 Å². The highest BCUT2D eigenvalue weighted by atomic mass is 32.2. The summed E-state index contributed by atoms with van der Waals surface area (Å²) in [6.07, 6.45) is -0.619. The third kappa shape index (κ3) is 9.59. The van der Waals surface area contributed by atoms with Gasteiger partial charge in [0.15, 0.2) is 0 Å².